The van der Waals surface area contributed by atoms with Gasteiger partial charge in [-0.2, -0.15) is 0 Å². The molecular weight excluding hydrogens is 509 g/mol. The molecule has 1 saturated heterocycles. The van der Waals surface area contributed by atoms with Crippen LogP contribution in [0.3, 0.4) is 0 Å². The van der Waals surface area contributed by atoms with Crippen LogP contribution < -0.4 is 9.44 Å². The molecule has 32 heavy (non-hydrogen) atoms. The van der Waals surface area contributed by atoms with Crippen molar-refractivity contribution in [2.75, 3.05) is 29.4 Å². The third-order valence-corrected chi connectivity index (χ3v) is 9.07. The van der Waals surface area contributed by atoms with Crippen LogP contribution in [0.2, 0.25) is 10.0 Å². The molecule has 6 nitrogen and oxygen atoms in total. The molecule has 3 aromatic rings. The van der Waals surface area contributed by atoms with Gasteiger partial charge in [0.1, 0.15) is 11.0 Å². The molecule has 0 radical (unpaired) electrons. The first kappa shape index (κ1) is 24.1. The van der Waals surface area contributed by atoms with Crippen LogP contribution in [0, 0.1) is 0 Å². The molecule has 2 heterocycles. The van der Waals surface area contributed by atoms with Crippen molar-refractivity contribution in [1.29, 1.82) is 0 Å². The molecule has 1 fully saturated rings. The summed E-state index contributed by atoms with van der Waals surface area (Å²) < 4.78 is 35.9. The fraction of sp³-hybridized carbons (Fsp3) is 0.333. The maximum absolute atomic E-state index is 12.5. The highest BCUT2D eigenvalue weighted by molar-refractivity contribution is 8.00. The lowest BCUT2D eigenvalue weighted by Crippen LogP contribution is -2.29. The molecule has 0 bridgehead atoms. The molecule has 2 aromatic carbocycles. The summed E-state index contributed by atoms with van der Waals surface area (Å²) in [6, 6.07) is 11.2. The zero-order valence-corrected chi connectivity index (χ0v) is 21.0. The molecule has 0 amide bonds. The zero-order valence-electron chi connectivity index (χ0n) is 17.1. The first-order valence-corrected chi connectivity index (χ1v) is 14.3. The highest BCUT2D eigenvalue weighted by Crippen LogP contribution is 2.36. The van der Waals surface area contributed by atoms with E-state index in [1.807, 2.05) is 36.4 Å². The van der Waals surface area contributed by atoms with Gasteiger partial charge in [-0.05, 0) is 61.2 Å². The molecule has 1 unspecified atom stereocenters. The van der Waals surface area contributed by atoms with Crippen LogP contribution in [-0.2, 0) is 26.5 Å². The minimum atomic E-state index is -1.30. The second-order valence-electron chi connectivity index (χ2n) is 7.24. The number of hydrogen-bond acceptors (Lipinski definition) is 5. The Hall–Kier alpha value is -1.07. The van der Waals surface area contributed by atoms with Gasteiger partial charge in [-0.1, -0.05) is 23.2 Å². The van der Waals surface area contributed by atoms with Crippen molar-refractivity contribution in [3.05, 3.63) is 52.6 Å². The number of H-pyrrole nitrogens is 1. The van der Waals surface area contributed by atoms with Gasteiger partial charge in [-0.3, -0.25) is 4.21 Å². The van der Waals surface area contributed by atoms with Gasteiger partial charge >= 0.3 is 0 Å². The second kappa shape index (κ2) is 11.4. The van der Waals surface area contributed by atoms with E-state index in [0.29, 0.717) is 39.6 Å². The van der Waals surface area contributed by atoms with Crippen LogP contribution in [0.1, 0.15) is 12.8 Å². The van der Waals surface area contributed by atoms with Crippen molar-refractivity contribution >= 4 is 73.5 Å². The van der Waals surface area contributed by atoms with Gasteiger partial charge in [0.25, 0.3) is 0 Å². The number of anilines is 1. The Morgan fingerprint density at radius 1 is 1.12 bits per heavy atom. The summed E-state index contributed by atoms with van der Waals surface area (Å²) >= 11 is 13.9. The smallest absolute Gasteiger partial charge is 0.124 e. The molecule has 0 saturated carbocycles. The highest BCUT2D eigenvalue weighted by Gasteiger charge is 2.18. The maximum atomic E-state index is 12.5. The van der Waals surface area contributed by atoms with Gasteiger partial charge < -0.3 is 14.4 Å². The van der Waals surface area contributed by atoms with E-state index in [9.17, 15) is 8.42 Å². The lowest BCUT2D eigenvalue weighted by Gasteiger charge is -2.21. The van der Waals surface area contributed by atoms with Crippen LogP contribution >= 0.6 is 35.1 Å². The number of fused-ring (bicyclic) bond motifs is 1. The van der Waals surface area contributed by atoms with Gasteiger partial charge in [-0.15, -0.1) is 0 Å². The summed E-state index contributed by atoms with van der Waals surface area (Å²) in [6.45, 7) is 0.981. The fourth-order valence-corrected chi connectivity index (χ4v) is 6.68. The lowest BCUT2D eigenvalue weighted by molar-refractivity contribution is 0.0516. The third kappa shape index (κ3) is 6.08. The third-order valence-electron chi connectivity index (χ3n) is 5.08. The molecular formula is C21H23Cl2N3O3S3. The van der Waals surface area contributed by atoms with E-state index < -0.39 is 21.8 Å². The Morgan fingerprint density at radius 2 is 1.88 bits per heavy atom. The standard InChI is InChI=1S/C21H23Cl2N3O3S3/c22-17-5-6-19(21-20(17)18(23)13-24-21)26-30-15-1-3-16(4-2-15)32(28)25-9-10-29-14-7-11-31(27)12-8-14/h1-6,13-14,24-26H,7-12H2. The van der Waals surface area contributed by atoms with Crippen molar-refractivity contribution in [1.82, 2.24) is 9.71 Å². The predicted octanol–water partition coefficient (Wildman–Crippen LogP) is 5.13. The van der Waals surface area contributed by atoms with Gasteiger partial charge in [0, 0.05) is 45.3 Å². The molecule has 1 atom stereocenters. The zero-order chi connectivity index (χ0) is 22.5. The number of ether oxygens (including phenoxy) is 1. The average Bonchev–Trinajstić information content (AvgIpc) is 3.20. The Labute approximate surface area is 206 Å². The number of halogens is 2. The summed E-state index contributed by atoms with van der Waals surface area (Å²) in [5.41, 5.74) is 1.72. The van der Waals surface area contributed by atoms with Gasteiger partial charge in [0.15, 0.2) is 0 Å². The lowest BCUT2D eigenvalue weighted by atomic mass is 10.2. The molecule has 0 spiro atoms. The Morgan fingerprint density at radius 3 is 2.62 bits per heavy atom. The van der Waals surface area contributed by atoms with E-state index >= 15 is 0 Å². The van der Waals surface area contributed by atoms with Crippen molar-refractivity contribution in [2.45, 2.75) is 28.7 Å². The summed E-state index contributed by atoms with van der Waals surface area (Å²) in [4.78, 5) is 4.82. The Balaban J connectivity index is 1.25. The van der Waals surface area contributed by atoms with Crippen LogP contribution in [0.15, 0.2) is 52.4 Å². The molecule has 1 aromatic heterocycles. The van der Waals surface area contributed by atoms with Crippen molar-refractivity contribution in [3.8, 4) is 0 Å². The van der Waals surface area contributed by atoms with Crippen molar-refractivity contribution in [3.63, 3.8) is 0 Å². The minimum Gasteiger partial charge on any atom is -0.377 e. The first-order chi connectivity index (χ1) is 15.5. The van der Waals surface area contributed by atoms with Crippen LogP contribution in [-0.4, -0.2) is 44.2 Å². The summed E-state index contributed by atoms with van der Waals surface area (Å²) in [5.74, 6) is 1.43. The van der Waals surface area contributed by atoms with Gasteiger partial charge in [0.05, 0.1) is 38.9 Å². The monoisotopic (exact) mass is 531 g/mol. The number of aromatic amines is 1. The summed E-state index contributed by atoms with van der Waals surface area (Å²) in [7, 11) is -1.99. The molecule has 172 valence electrons. The van der Waals surface area contributed by atoms with E-state index in [4.69, 9.17) is 27.9 Å². The molecule has 1 aliphatic rings. The first-order valence-electron chi connectivity index (χ1n) is 10.1. The molecule has 4 rings (SSSR count). The van der Waals surface area contributed by atoms with Crippen LogP contribution in [0.25, 0.3) is 10.9 Å². The molecule has 11 heteroatoms. The summed E-state index contributed by atoms with van der Waals surface area (Å²) in [6.07, 6.45) is 3.55. The Kier molecular flexibility index (Phi) is 8.55. The Bertz CT molecular complexity index is 1110. The molecule has 0 aliphatic carbocycles. The van der Waals surface area contributed by atoms with Crippen molar-refractivity contribution in [2.24, 2.45) is 0 Å². The fourth-order valence-electron chi connectivity index (χ4n) is 3.38. The topological polar surface area (TPSA) is 83.2 Å². The maximum Gasteiger partial charge on any atom is 0.124 e. The normalized spacial score (nSPS) is 19.8. The van der Waals surface area contributed by atoms with Gasteiger partial charge in [0.2, 0.25) is 0 Å². The number of benzene rings is 2. The largest absolute Gasteiger partial charge is 0.377 e. The van der Waals surface area contributed by atoms with Crippen LogP contribution in [0.5, 0.6) is 0 Å². The second-order valence-corrected chi connectivity index (χ2v) is 11.9. The van der Waals surface area contributed by atoms with Crippen LogP contribution in [0.4, 0.5) is 5.69 Å². The molecule has 3 N–H and O–H groups in total. The quantitative estimate of drug-likeness (QED) is 0.263. The average molecular weight is 533 g/mol. The van der Waals surface area contributed by atoms with E-state index in [-0.39, 0.29) is 6.10 Å². The van der Waals surface area contributed by atoms with E-state index in [0.717, 1.165) is 34.3 Å². The number of rotatable bonds is 9. The van der Waals surface area contributed by atoms with E-state index in [1.54, 1.807) is 6.20 Å². The van der Waals surface area contributed by atoms with Gasteiger partial charge in [-0.25, -0.2) is 8.93 Å². The predicted molar refractivity (Wildman–Crippen MR) is 136 cm³/mol. The number of aromatic nitrogens is 1. The molecule has 1 aliphatic heterocycles. The number of hydrogen-bond donors (Lipinski definition) is 3. The van der Waals surface area contributed by atoms with E-state index in [2.05, 4.69) is 14.4 Å². The SMILES string of the molecule is O=S1CCC(OCCNS(=O)c2ccc(SNc3ccc(Cl)c4c(Cl)c[nH]c34)cc2)CC1. The summed E-state index contributed by atoms with van der Waals surface area (Å²) in [5, 5.41) is 1.97. The highest BCUT2D eigenvalue weighted by atomic mass is 35.5. The van der Waals surface area contributed by atoms with Crippen molar-refractivity contribution < 1.29 is 13.2 Å². The number of nitrogens with one attached hydrogen (secondary N) is 3. The minimum absolute atomic E-state index is 0.163. The van der Waals surface area contributed by atoms with E-state index in [1.165, 1.54) is 11.9 Å².